The molecule has 3 heterocycles. The van der Waals surface area contributed by atoms with Gasteiger partial charge in [-0.1, -0.05) is 5.11 Å². The van der Waals surface area contributed by atoms with Crippen LogP contribution in [-0.4, -0.2) is 40.2 Å². The molecule has 2 aliphatic rings. The first-order valence-corrected chi connectivity index (χ1v) is 6.75. The Morgan fingerprint density at radius 2 is 2.14 bits per heavy atom. The van der Waals surface area contributed by atoms with E-state index in [1.54, 1.807) is 13.8 Å². The summed E-state index contributed by atoms with van der Waals surface area (Å²) in [6.45, 7) is 3.57. The third kappa shape index (κ3) is 2.53. The lowest BCUT2D eigenvalue weighted by Crippen LogP contribution is -2.37. The number of ether oxygens (including phenoxy) is 3. The topological polar surface area (TPSA) is 131 Å². The molecule has 22 heavy (non-hydrogen) atoms. The zero-order chi connectivity index (χ0) is 15.9. The first-order chi connectivity index (χ1) is 10.4. The Labute approximate surface area is 124 Å². The van der Waals surface area contributed by atoms with Crippen LogP contribution in [0.25, 0.3) is 10.4 Å². The molecule has 0 aromatic carbocycles. The number of hydrogen-bond acceptors (Lipinski definition) is 6. The maximum absolute atomic E-state index is 11.9. The first-order valence-electron chi connectivity index (χ1n) is 6.75. The second-order valence-electron chi connectivity index (χ2n) is 5.56. The number of azide groups is 1. The molecule has 4 atom stereocenters. The number of aromatic nitrogens is 2. The number of rotatable bonds is 3. The minimum Gasteiger partial charge on any atom is -0.349 e. The summed E-state index contributed by atoms with van der Waals surface area (Å²) in [5.74, 6) is -0.836. The lowest BCUT2D eigenvalue weighted by atomic mass is 10.1. The number of hydrogen-bond donors (Lipinski definition) is 1. The highest BCUT2D eigenvalue weighted by molar-refractivity contribution is 4.99. The van der Waals surface area contributed by atoms with Crippen molar-refractivity contribution < 1.29 is 14.2 Å². The van der Waals surface area contributed by atoms with Crippen molar-refractivity contribution in [2.45, 2.75) is 44.2 Å². The molecule has 10 heteroatoms. The van der Waals surface area contributed by atoms with Crippen LogP contribution in [0.4, 0.5) is 0 Å². The normalized spacial score (nSPS) is 32.5. The van der Waals surface area contributed by atoms with Gasteiger partial charge in [-0.15, -0.1) is 0 Å². The average Bonchev–Trinajstić information content (AvgIpc) is 2.91. The molecule has 118 valence electrons. The summed E-state index contributed by atoms with van der Waals surface area (Å²) in [5, 5.41) is 3.50. The summed E-state index contributed by atoms with van der Waals surface area (Å²) in [4.78, 5) is 28.0. The Bertz CT molecular complexity index is 734. The van der Waals surface area contributed by atoms with Crippen LogP contribution in [-0.2, 0) is 14.2 Å². The minimum absolute atomic E-state index is 0.0612. The molecule has 0 radical (unpaired) electrons. The van der Waals surface area contributed by atoms with Gasteiger partial charge in [0.1, 0.15) is 12.2 Å². The number of nitrogens with one attached hydrogen (secondary N) is 1. The number of H-pyrrole nitrogens is 1. The highest BCUT2D eigenvalue weighted by atomic mass is 16.8. The molecule has 0 aliphatic carbocycles. The molecule has 1 unspecified atom stereocenters. The fraction of sp³-hybridized carbons (Fsp3) is 0.667. The van der Waals surface area contributed by atoms with Gasteiger partial charge in [0, 0.05) is 17.2 Å². The highest BCUT2D eigenvalue weighted by Crippen LogP contribution is 2.42. The second-order valence-corrected chi connectivity index (χ2v) is 5.56. The molecule has 0 saturated carbocycles. The van der Waals surface area contributed by atoms with Crippen LogP contribution in [0.5, 0.6) is 0 Å². The highest BCUT2D eigenvalue weighted by Gasteiger charge is 2.55. The van der Waals surface area contributed by atoms with E-state index in [0.29, 0.717) is 0 Å². The molecule has 1 aromatic heterocycles. The van der Waals surface area contributed by atoms with E-state index in [1.807, 2.05) is 0 Å². The Kier molecular flexibility index (Phi) is 3.53. The zero-order valence-electron chi connectivity index (χ0n) is 12.0. The van der Waals surface area contributed by atoms with Crippen molar-refractivity contribution in [3.8, 4) is 0 Å². The van der Waals surface area contributed by atoms with Crippen molar-refractivity contribution in [1.29, 1.82) is 0 Å². The summed E-state index contributed by atoms with van der Waals surface area (Å²) in [6, 6.07) is 1.22. The van der Waals surface area contributed by atoms with Crippen LogP contribution in [0.2, 0.25) is 0 Å². The standard InChI is InChI=1S/C12H15N5O5/c1-12(2)21-8-6(5-14-16-13)20-10(9(8)22-12)17-4-3-7(18)15-11(17)19/h3-4,6,8-10H,5H2,1-2H3,(H,15,18,19)/t6-,8+,9?,10-/m1/s1. The van der Waals surface area contributed by atoms with Gasteiger partial charge in [0.15, 0.2) is 12.0 Å². The molecule has 0 spiro atoms. The van der Waals surface area contributed by atoms with E-state index >= 15 is 0 Å². The van der Waals surface area contributed by atoms with Gasteiger partial charge in [0.2, 0.25) is 0 Å². The van der Waals surface area contributed by atoms with E-state index < -0.39 is 41.6 Å². The minimum atomic E-state index is -0.836. The Hall–Kier alpha value is -2.13. The van der Waals surface area contributed by atoms with Crippen molar-refractivity contribution in [3.63, 3.8) is 0 Å². The van der Waals surface area contributed by atoms with Gasteiger partial charge in [-0.3, -0.25) is 14.3 Å². The van der Waals surface area contributed by atoms with Gasteiger partial charge >= 0.3 is 5.69 Å². The molecule has 2 aliphatic heterocycles. The molecule has 2 fully saturated rings. The molecular weight excluding hydrogens is 294 g/mol. The number of nitrogens with zero attached hydrogens (tertiary/aromatic N) is 4. The van der Waals surface area contributed by atoms with Crippen LogP contribution in [0.1, 0.15) is 20.1 Å². The van der Waals surface area contributed by atoms with Crippen molar-refractivity contribution in [2.24, 2.45) is 5.11 Å². The average molecular weight is 309 g/mol. The SMILES string of the molecule is CC1(C)OC2[C@@H](O1)[C@@H](CN=[N+]=[N-])O[C@H]2n1ccc(=O)[nH]c1=O. The van der Waals surface area contributed by atoms with Gasteiger partial charge in [0.05, 0.1) is 12.6 Å². The van der Waals surface area contributed by atoms with Crippen LogP contribution >= 0.6 is 0 Å². The molecule has 1 aromatic rings. The quantitative estimate of drug-likeness (QED) is 0.486. The van der Waals surface area contributed by atoms with Crippen LogP contribution < -0.4 is 11.2 Å². The summed E-state index contributed by atoms with van der Waals surface area (Å²) in [5.41, 5.74) is 7.37. The molecular formula is C12H15N5O5. The van der Waals surface area contributed by atoms with Gasteiger partial charge in [0.25, 0.3) is 5.56 Å². The van der Waals surface area contributed by atoms with Crippen molar-refractivity contribution >= 4 is 0 Å². The van der Waals surface area contributed by atoms with E-state index in [-0.39, 0.29) is 6.54 Å². The smallest absolute Gasteiger partial charge is 0.330 e. The summed E-state index contributed by atoms with van der Waals surface area (Å²) in [6.07, 6.45) is -0.976. The van der Waals surface area contributed by atoms with E-state index in [4.69, 9.17) is 19.7 Å². The maximum Gasteiger partial charge on any atom is 0.330 e. The monoisotopic (exact) mass is 309 g/mol. The molecule has 10 nitrogen and oxygen atoms in total. The van der Waals surface area contributed by atoms with Crippen molar-refractivity contribution in [2.75, 3.05) is 6.54 Å². The van der Waals surface area contributed by atoms with Gasteiger partial charge < -0.3 is 14.2 Å². The number of fused-ring (bicyclic) bond motifs is 1. The fourth-order valence-electron chi connectivity index (χ4n) is 2.77. The van der Waals surface area contributed by atoms with Crippen LogP contribution in [0.3, 0.4) is 0 Å². The van der Waals surface area contributed by atoms with E-state index in [9.17, 15) is 9.59 Å². The largest absolute Gasteiger partial charge is 0.349 e. The first kappa shape index (κ1) is 14.8. The summed E-state index contributed by atoms with van der Waals surface area (Å²) < 4.78 is 18.6. The molecule has 3 rings (SSSR count). The van der Waals surface area contributed by atoms with Gasteiger partial charge in [-0.05, 0) is 19.4 Å². The molecule has 0 amide bonds. The third-order valence-corrected chi connectivity index (χ3v) is 3.58. The fourth-order valence-corrected chi connectivity index (χ4v) is 2.77. The van der Waals surface area contributed by atoms with Crippen molar-refractivity contribution in [1.82, 2.24) is 9.55 Å². The van der Waals surface area contributed by atoms with Gasteiger partial charge in [-0.25, -0.2) is 4.79 Å². The predicted molar refractivity (Wildman–Crippen MR) is 73.1 cm³/mol. The van der Waals surface area contributed by atoms with E-state index in [2.05, 4.69) is 15.0 Å². The lowest BCUT2D eigenvalue weighted by Gasteiger charge is -2.24. The van der Waals surface area contributed by atoms with E-state index in [0.717, 1.165) is 0 Å². The van der Waals surface area contributed by atoms with E-state index in [1.165, 1.54) is 16.8 Å². The Morgan fingerprint density at radius 1 is 1.41 bits per heavy atom. The zero-order valence-corrected chi connectivity index (χ0v) is 12.0. The summed E-state index contributed by atoms with van der Waals surface area (Å²) >= 11 is 0. The molecule has 0 bridgehead atoms. The Morgan fingerprint density at radius 3 is 2.82 bits per heavy atom. The summed E-state index contributed by atoms with van der Waals surface area (Å²) in [7, 11) is 0. The van der Waals surface area contributed by atoms with Crippen LogP contribution in [0, 0.1) is 0 Å². The third-order valence-electron chi connectivity index (χ3n) is 3.58. The predicted octanol–water partition coefficient (Wildman–Crippen LogP) is 0.264. The lowest BCUT2D eigenvalue weighted by molar-refractivity contribution is -0.196. The second kappa shape index (κ2) is 5.25. The molecule has 2 saturated heterocycles. The van der Waals surface area contributed by atoms with Gasteiger partial charge in [-0.2, -0.15) is 0 Å². The van der Waals surface area contributed by atoms with Crippen molar-refractivity contribution in [3.05, 3.63) is 43.5 Å². The molecule has 1 N–H and O–H groups in total. The maximum atomic E-state index is 11.9. The Balaban J connectivity index is 1.96. The van der Waals surface area contributed by atoms with Crippen LogP contribution in [0.15, 0.2) is 27.0 Å². The number of aromatic amines is 1.